The van der Waals surface area contributed by atoms with E-state index in [4.69, 9.17) is 5.84 Å². The molecule has 14 heavy (non-hydrogen) atoms. The Morgan fingerprint density at radius 3 is 2.21 bits per heavy atom. The molecule has 0 saturated carbocycles. The smallest absolute Gasteiger partial charge is 0.0113 e. The summed E-state index contributed by atoms with van der Waals surface area (Å²) >= 11 is 0. The second kappa shape index (κ2) is 12.6. The molecule has 0 aromatic rings. The highest BCUT2D eigenvalue weighted by molar-refractivity contribution is 4.81. The Balaban J connectivity index is 2.96. The van der Waals surface area contributed by atoms with E-state index in [9.17, 15) is 0 Å². The predicted molar refractivity (Wildman–Crippen MR) is 62.5 cm³/mol. The van der Waals surface area contributed by atoms with Gasteiger partial charge in [-0.3, -0.25) is 5.84 Å². The van der Waals surface area contributed by atoms with E-state index in [0.29, 0.717) is 0 Å². The highest BCUT2D eigenvalue weighted by Crippen LogP contribution is 2.01. The summed E-state index contributed by atoms with van der Waals surface area (Å²) in [5.41, 5.74) is 5.30. The van der Waals surface area contributed by atoms with Crippen molar-refractivity contribution in [1.82, 2.24) is 11.0 Å². The van der Waals surface area contributed by atoms with E-state index in [1.54, 1.807) is 0 Å². The van der Waals surface area contributed by atoms with Crippen LogP contribution in [0.25, 0.3) is 0 Å². The zero-order chi connectivity index (χ0) is 10.5. The summed E-state index contributed by atoms with van der Waals surface area (Å²) in [7, 11) is 0. The molecule has 0 saturated heterocycles. The Bertz CT molecular complexity index is 124. The van der Waals surface area contributed by atoms with Gasteiger partial charge in [0, 0.05) is 6.54 Å². The average molecular weight is 199 g/mol. The molecule has 3 heteroatoms. The predicted octanol–water partition coefficient (Wildman–Crippen LogP) is 2.26. The van der Waals surface area contributed by atoms with Gasteiger partial charge in [0.25, 0.3) is 0 Å². The number of unbranched alkanes of at least 4 members (excludes halogenated alkanes) is 5. The van der Waals surface area contributed by atoms with E-state index in [0.717, 1.165) is 6.54 Å². The van der Waals surface area contributed by atoms with Crippen LogP contribution in [0.2, 0.25) is 0 Å². The highest BCUT2D eigenvalue weighted by Gasteiger charge is 1.85. The van der Waals surface area contributed by atoms with Gasteiger partial charge in [-0.1, -0.05) is 31.9 Å². The van der Waals surface area contributed by atoms with Gasteiger partial charge in [0.15, 0.2) is 0 Å². The fraction of sp³-hybridized carbons (Fsp3) is 0.818. The molecule has 3 nitrogen and oxygen atoms in total. The third-order valence-corrected chi connectivity index (χ3v) is 2.17. The second-order valence-corrected chi connectivity index (χ2v) is 3.53. The van der Waals surface area contributed by atoms with Gasteiger partial charge in [0.05, 0.1) is 0 Å². The minimum absolute atomic E-state index is 0.945. The summed E-state index contributed by atoms with van der Waals surface area (Å²) in [6.45, 7) is 3.18. The van der Waals surface area contributed by atoms with Crippen LogP contribution in [0.1, 0.15) is 51.9 Å². The monoisotopic (exact) mass is 199 g/mol. The molecule has 0 fully saturated rings. The van der Waals surface area contributed by atoms with Crippen LogP contribution < -0.4 is 16.8 Å². The molecule has 0 aliphatic carbocycles. The lowest BCUT2D eigenvalue weighted by atomic mass is 10.1. The van der Waals surface area contributed by atoms with Gasteiger partial charge in [-0.25, -0.2) is 5.43 Å². The molecule has 0 aromatic carbocycles. The molecule has 0 unspecified atom stereocenters. The van der Waals surface area contributed by atoms with Crippen molar-refractivity contribution in [3.63, 3.8) is 0 Å². The Hall–Kier alpha value is -0.380. The summed E-state index contributed by atoms with van der Waals surface area (Å²) in [6, 6.07) is 0. The fourth-order valence-corrected chi connectivity index (χ4v) is 1.30. The van der Waals surface area contributed by atoms with E-state index in [-0.39, 0.29) is 0 Å². The molecular formula is C11H25N3. The molecule has 84 valence electrons. The standard InChI is InChI=1S/C11H25N3/c1-2-3-4-5-6-7-8-9-10-11-13-14-12/h6-7,13-14H,2-5,8-12H2,1H3. The Labute approximate surface area is 88.1 Å². The van der Waals surface area contributed by atoms with Crippen molar-refractivity contribution in [2.45, 2.75) is 51.9 Å². The van der Waals surface area contributed by atoms with Crippen LogP contribution in [0, 0.1) is 0 Å². The summed E-state index contributed by atoms with van der Waals surface area (Å²) in [4.78, 5) is 0. The Morgan fingerprint density at radius 1 is 1.00 bits per heavy atom. The van der Waals surface area contributed by atoms with Crippen LogP contribution in [-0.2, 0) is 0 Å². The molecule has 0 rings (SSSR count). The van der Waals surface area contributed by atoms with Gasteiger partial charge in [0.1, 0.15) is 0 Å². The SMILES string of the molecule is CCCCCC=CCCCCNNN. The molecular weight excluding hydrogens is 174 g/mol. The van der Waals surface area contributed by atoms with Crippen LogP contribution in [0.5, 0.6) is 0 Å². The number of nitrogens with two attached hydrogens (primary N) is 1. The van der Waals surface area contributed by atoms with Crippen molar-refractivity contribution in [3.8, 4) is 0 Å². The molecule has 0 amide bonds. The molecule has 0 aliphatic rings. The van der Waals surface area contributed by atoms with Crippen LogP contribution in [-0.4, -0.2) is 6.54 Å². The normalized spacial score (nSPS) is 11.3. The number of hydrogen-bond donors (Lipinski definition) is 3. The van der Waals surface area contributed by atoms with E-state index in [1.165, 1.54) is 44.9 Å². The summed E-state index contributed by atoms with van der Waals surface area (Å²) in [5.74, 6) is 5.06. The van der Waals surface area contributed by atoms with Crippen molar-refractivity contribution in [3.05, 3.63) is 12.2 Å². The topological polar surface area (TPSA) is 50.1 Å². The zero-order valence-electron chi connectivity index (χ0n) is 9.39. The maximum atomic E-state index is 5.06. The van der Waals surface area contributed by atoms with Gasteiger partial charge in [-0.2, -0.15) is 5.53 Å². The molecule has 0 heterocycles. The second-order valence-electron chi connectivity index (χ2n) is 3.53. The number of nitrogens with one attached hydrogen (secondary N) is 2. The molecule has 0 spiro atoms. The maximum absolute atomic E-state index is 5.06. The van der Waals surface area contributed by atoms with Crippen molar-refractivity contribution < 1.29 is 0 Å². The molecule has 0 bridgehead atoms. The summed E-state index contributed by atoms with van der Waals surface area (Å²) in [6.07, 6.45) is 13.5. The van der Waals surface area contributed by atoms with Crippen LogP contribution in [0.4, 0.5) is 0 Å². The van der Waals surface area contributed by atoms with Gasteiger partial charge >= 0.3 is 0 Å². The van der Waals surface area contributed by atoms with E-state index in [1.807, 2.05) is 0 Å². The van der Waals surface area contributed by atoms with Crippen molar-refractivity contribution in [2.75, 3.05) is 6.54 Å². The quantitative estimate of drug-likeness (QED) is 0.219. The number of hydrogen-bond acceptors (Lipinski definition) is 3. The van der Waals surface area contributed by atoms with Gasteiger partial charge in [0.2, 0.25) is 0 Å². The number of allylic oxidation sites excluding steroid dienone is 2. The highest BCUT2D eigenvalue weighted by atomic mass is 15.5. The van der Waals surface area contributed by atoms with E-state index in [2.05, 4.69) is 30.0 Å². The summed E-state index contributed by atoms with van der Waals surface area (Å²) < 4.78 is 0. The lowest BCUT2D eigenvalue weighted by molar-refractivity contribution is 0.530. The van der Waals surface area contributed by atoms with Crippen LogP contribution in [0.3, 0.4) is 0 Å². The largest absolute Gasteiger partial charge is 0.258 e. The Morgan fingerprint density at radius 2 is 1.64 bits per heavy atom. The van der Waals surface area contributed by atoms with E-state index < -0.39 is 0 Å². The maximum Gasteiger partial charge on any atom is 0.0113 e. The fourth-order valence-electron chi connectivity index (χ4n) is 1.30. The minimum Gasteiger partial charge on any atom is -0.258 e. The first kappa shape index (κ1) is 13.6. The first-order chi connectivity index (χ1) is 6.91. The molecule has 4 N–H and O–H groups in total. The van der Waals surface area contributed by atoms with Gasteiger partial charge in [-0.05, 0) is 32.1 Å². The molecule has 0 radical (unpaired) electrons. The average Bonchev–Trinajstić information content (AvgIpc) is 2.21. The van der Waals surface area contributed by atoms with E-state index >= 15 is 0 Å². The molecule has 0 aliphatic heterocycles. The van der Waals surface area contributed by atoms with Gasteiger partial charge < -0.3 is 0 Å². The van der Waals surface area contributed by atoms with Crippen LogP contribution in [0.15, 0.2) is 12.2 Å². The Kier molecular flexibility index (Phi) is 12.3. The van der Waals surface area contributed by atoms with Crippen molar-refractivity contribution in [2.24, 2.45) is 5.84 Å². The molecule has 0 atom stereocenters. The minimum atomic E-state index is 0.945. The van der Waals surface area contributed by atoms with Gasteiger partial charge in [-0.15, -0.1) is 0 Å². The third-order valence-electron chi connectivity index (χ3n) is 2.17. The third kappa shape index (κ3) is 11.6. The zero-order valence-corrected chi connectivity index (χ0v) is 9.39. The first-order valence-electron chi connectivity index (χ1n) is 5.75. The van der Waals surface area contributed by atoms with Crippen LogP contribution >= 0.6 is 0 Å². The first-order valence-corrected chi connectivity index (χ1v) is 5.75. The lowest BCUT2D eigenvalue weighted by Gasteiger charge is -1.99. The lowest BCUT2D eigenvalue weighted by Crippen LogP contribution is -2.38. The summed E-state index contributed by atoms with van der Waals surface area (Å²) in [5, 5.41) is 0. The van der Waals surface area contributed by atoms with Crippen molar-refractivity contribution in [1.29, 1.82) is 0 Å². The molecule has 0 aromatic heterocycles. The number of rotatable bonds is 10. The number of hydrazine groups is 2. The van der Waals surface area contributed by atoms with Crippen molar-refractivity contribution >= 4 is 0 Å².